The normalized spacial score (nSPS) is 15.9. The molecule has 2 N–H and O–H groups in total. The Labute approximate surface area is 147 Å². The minimum atomic E-state index is -0.170. The molecule has 1 aliphatic heterocycles. The zero-order valence-corrected chi connectivity index (χ0v) is 14.2. The van der Waals surface area contributed by atoms with E-state index in [4.69, 9.17) is 0 Å². The van der Waals surface area contributed by atoms with Gasteiger partial charge in [-0.2, -0.15) is 0 Å². The van der Waals surface area contributed by atoms with Gasteiger partial charge in [-0.05, 0) is 42.3 Å². The van der Waals surface area contributed by atoms with Crippen LogP contribution < -0.4 is 15.5 Å². The first-order valence-corrected chi connectivity index (χ1v) is 8.23. The first-order valence-electron chi connectivity index (χ1n) is 8.23. The van der Waals surface area contributed by atoms with Crippen molar-refractivity contribution in [1.82, 2.24) is 5.32 Å². The van der Waals surface area contributed by atoms with E-state index in [0.29, 0.717) is 6.54 Å². The van der Waals surface area contributed by atoms with E-state index < -0.39 is 0 Å². The van der Waals surface area contributed by atoms with Gasteiger partial charge >= 0.3 is 0 Å². The van der Waals surface area contributed by atoms with Crippen LogP contribution in [0.3, 0.4) is 0 Å². The van der Waals surface area contributed by atoms with Crippen molar-refractivity contribution in [3.63, 3.8) is 0 Å². The maximum atomic E-state index is 11.7. The van der Waals surface area contributed by atoms with Gasteiger partial charge in [0, 0.05) is 30.5 Å². The van der Waals surface area contributed by atoms with Crippen molar-refractivity contribution >= 4 is 28.9 Å². The monoisotopic (exact) mass is 335 g/mol. The number of nitrogens with zero attached hydrogens (tertiary/aromatic N) is 1. The predicted octanol–water partition coefficient (Wildman–Crippen LogP) is 3.01. The van der Waals surface area contributed by atoms with Gasteiger partial charge < -0.3 is 15.5 Å². The van der Waals surface area contributed by atoms with Gasteiger partial charge in [-0.1, -0.05) is 30.8 Å². The van der Waals surface area contributed by atoms with E-state index >= 15 is 0 Å². The van der Waals surface area contributed by atoms with Crippen LogP contribution in [0.15, 0.2) is 61.2 Å². The van der Waals surface area contributed by atoms with E-state index in [1.165, 1.54) is 18.6 Å². The molecule has 3 rings (SSSR count). The van der Waals surface area contributed by atoms with Crippen molar-refractivity contribution in [2.75, 3.05) is 16.8 Å². The number of amides is 2. The first kappa shape index (κ1) is 16.8. The quantitative estimate of drug-likeness (QED) is 0.845. The molecule has 5 nitrogen and oxygen atoms in total. The highest BCUT2D eigenvalue weighted by Gasteiger charge is 2.26. The van der Waals surface area contributed by atoms with E-state index in [-0.39, 0.29) is 17.9 Å². The van der Waals surface area contributed by atoms with E-state index in [1.54, 1.807) is 0 Å². The van der Waals surface area contributed by atoms with Crippen LogP contribution in [0, 0.1) is 0 Å². The summed E-state index contributed by atoms with van der Waals surface area (Å²) in [4.78, 5) is 25.2. The zero-order chi connectivity index (χ0) is 17.8. The molecule has 1 aliphatic rings. The van der Waals surface area contributed by atoms with Gasteiger partial charge in [-0.25, -0.2) is 0 Å². The predicted molar refractivity (Wildman–Crippen MR) is 100 cm³/mol. The van der Waals surface area contributed by atoms with Crippen LogP contribution in [0.5, 0.6) is 0 Å². The number of hydrogen-bond acceptors (Lipinski definition) is 3. The summed E-state index contributed by atoms with van der Waals surface area (Å²) in [5.74, 6) is -0.274. The molecule has 128 valence electrons. The Hall–Kier alpha value is -3.08. The maximum absolute atomic E-state index is 11.7. The zero-order valence-electron chi connectivity index (χ0n) is 14.2. The second-order valence-corrected chi connectivity index (χ2v) is 6.08. The number of fused-ring (bicyclic) bond motifs is 1. The average molecular weight is 335 g/mol. The number of nitrogens with one attached hydrogen (secondary N) is 2. The number of para-hydroxylation sites is 1. The summed E-state index contributed by atoms with van der Waals surface area (Å²) < 4.78 is 0. The molecule has 0 radical (unpaired) electrons. The van der Waals surface area contributed by atoms with Crippen molar-refractivity contribution in [2.24, 2.45) is 0 Å². The van der Waals surface area contributed by atoms with Gasteiger partial charge in [-0.3, -0.25) is 9.59 Å². The van der Waals surface area contributed by atoms with Crippen LogP contribution in [0.2, 0.25) is 0 Å². The lowest BCUT2D eigenvalue weighted by atomic mass is 9.97. The summed E-state index contributed by atoms with van der Waals surface area (Å²) in [6.07, 6.45) is 2.07. The molecule has 25 heavy (non-hydrogen) atoms. The van der Waals surface area contributed by atoms with Crippen LogP contribution in [-0.2, 0) is 16.0 Å². The smallest absolute Gasteiger partial charge is 0.243 e. The fourth-order valence-corrected chi connectivity index (χ4v) is 3.15. The van der Waals surface area contributed by atoms with Gasteiger partial charge in [0.15, 0.2) is 0 Å². The minimum absolute atomic E-state index is 0.00942. The van der Waals surface area contributed by atoms with Crippen LogP contribution in [-0.4, -0.2) is 24.4 Å². The standard InChI is InChI=1S/C20H21N3O2/c1-3-20(25)22-17-11-15-7-4-5-10-19(15)23(13-17)18-9-6-8-16(12-18)21-14(2)24/h3-10,12,17H,1,11,13H2,2H3,(H,21,24)(H,22,25). The number of hydrogen-bond donors (Lipinski definition) is 2. The van der Waals surface area contributed by atoms with Crippen LogP contribution >= 0.6 is 0 Å². The lowest BCUT2D eigenvalue weighted by Crippen LogP contribution is -2.46. The number of carbonyl (C=O) groups is 2. The third kappa shape index (κ3) is 3.88. The molecule has 2 aromatic rings. The summed E-state index contributed by atoms with van der Waals surface area (Å²) >= 11 is 0. The summed E-state index contributed by atoms with van der Waals surface area (Å²) in [5, 5.41) is 5.80. The Bertz CT molecular complexity index is 816. The molecular formula is C20H21N3O2. The Morgan fingerprint density at radius 3 is 2.76 bits per heavy atom. The van der Waals surface area contributed by atoms with Crippen LogP contribution in [0.1, 0.15) is 12.5 Å². The Kier molecular flexibility index (Phi) is 4.84. The molecule has 0 fully saturated rings. The molecule has 1 atom stereocenters. The number of carbonyl (C=O) groups excluding carboxylic acids is 2. The highest BCUT2D eigenvalue weighted by atomic mass is 16.2. The third-order valence-electron chi connectivity index (χ3n) is 4.16. The van der Waals surface area contributed by atoms with Crippen LogP contribution in [0.25, 0.3) is 0 Å². The van der Waals surface area contributed by atoms with Crippen molar-refractivity contribution < 1.29 is 9.59 Å². The molecule has 1 unspecified atom stereocenters. The second kappa shape index (κ2) is 7.21. The van der Waals surface area contributed by atoms with E-state index in [1.807, 2.05) is 36.4 Å². The van der Waals surface area contributed by atoms with Gasteiger partial charge in [-0.15, -0.1) is 0 Å². The number of benzene rings is 2. The molecule has 0 saturated carbocycles. The summed E-state index contributed by atoms with van der Waals surface area (Å²) in [6.45, 7) is 5.66. The van der Waals surface area contributed by atoms with E-state index in [2.05, 4.69) is 34.2 Å². The van der Waals surface area contributed by atoms with Gasteiger partial charge in [0.2, 0.25) is 11.8 Å². The molecule has 0 aromatic heterocycles. The fraction of sp³-hybridized carbons (Fsp3) is 0.200. The largest absolute Gasteiger partial charge is 0.348 e. The van der Waals surface area contributed by atoms with Crippen molar-refractivity contribution in [2.45, 2.75) is 19.4 Å². The molecule has 5 heteroatoms. The van der Waals surface area contributed by atoms with Crippen molar-refractivity contribution in [1.29, 1.82) is 0 Å². The third-order valence-corrected chi connectivity index (χ3v) is 4.16. The molecule has 0 aliphatic carbocycles. The SMILES string of the molecule is C=CC(=O)NC1Cc2ccccc2N(c2cccc(NC(C)=O)c2)C1. The molecule has 0 bridgehead atoms. The maximum Gasteiger partial charge on any atom is 0.243 e. The Morgan fingerprint density at radius 1 is 1.20 bits per heavy atom. The lowest BCUT2D eigenvalue weighted by Gasteiger charge is -2.36. The average Bonchev–Trinajstić information content (AvgIpc) is 2.60. The summed E-state index contributed by atoms with van der Waals surface area (Å²) in [6, 6.07) is 15.9. The summed E-state index contributed by atoms with van der Waals surface area (Å²) in [7, 11) is 0. The number of rotatable bonds is 4. The van der Waals surface area contributed by atoms with Crippen LogP contribution in [0.4, 0.5) is 17.1 Å². The molecule has 0 spiro atoms. The molecule has 1 heterocycles. The van der Waals surface area contributed by atoms with Gasteiger partial charge in [0.1, 0.15) is 0 Å². The van der Waals surface area contributed by atoms with Crippen molar-refractivity contribution in [3.05, 3.63) is 66.7 Å². The Balaban J connectivity index is 1.94. The Morgan fingerprint density at radius 2 is 2.00 bits per heavy atom. The highest BCUT2D eigenvalue weighted by Crippen LogP contribution is 2.34. The lowest BCUT2D eigenvalue weighted by molar-refractivity contribution is -0.117. The number of anilines is 3. The van der Waals surface area contributed by atoms with E-state index in [0.717, 1.165) is 23.5 Å². The molecular weight excluding hydrogens is 314 g/mol. The van der Waals surface area contributed by atoms with E-state index in [9.17, 15) is 9.59 Å². The van der Waals surface area contributed by atoms with Gasteiger partial charge in [0.05, 0.1) is 6.04 Å². The summed E-state index contributed by atoms with van der Waals surface area (Å²) in [5.41, 5.74) is 4.01. The van der Waals surface area contributed by atoms with Gasteiger partial charge in [0.25, 0.3) is 0 Å². The van der Waals surface area contributed by atoms with Crippen molar-refractivity contribution in [3.8, 4) is 0 Å². The molecule has 2 aromatic carbocycles. The topological polar surface area (TPSA) is 61.4 Å². The first-order chi connectivity index (χ1) is 12.1. The fourth-order valence-electron chi connectivity index (χ4n) is 3.15. The minimum Gasteiger partial charge on any atom is -0.348 e. The molecule has 2 amide bonds. The molecule has 0 saturated heterocycles. The second-order valence-electron chi connectivity index (χ2n) is 6.08. The highest BCUT2D eigenvalue weighted by molar-refractivity contribution is 5.89.